The minimum Gasteiger partial charge on any atom is -0.420 e. The SMILES string of the molecule is CC[C@@H](C)n1cnc2cc(C(=O)Nc3ccc(OC(F)(F)Cl)cc3)cc(-c3cccnn3)c21. The van der Waals surface area contributed by atoms with E-state index >= 15 is 0 Å². The van der Waals surface area contributed by atoms with Gasteiger partial charge in [0.2, 0.25) is 0 Å². The molecule has 0 spiro atoms. The average Bonchev–Trinajstić information content (AvgIpc) is 3.23. The molecule has 1 N–H and O–H groups in total. The summed E-state index contributed by atoms with van der Waals surface area (Å²) < 4.78 is 31.9. The van der Waals surface area contributed by atoms with E-state index in [2.05, 4.69) is 43.6 Å². The second kappa shape index (κ2) is 9.11. The van der Waals surface area contributed by atoms with Crippen LogP contribution in [0.15, 0.2) is 61.1 Å². The van der Waals surface area contributed by atoms with Crippen LogP contribution in [0.25, 0.3) is 22.3 Å². The maximum Gasteiger partial charge on any atom is 0.487 e. The van der Waals surface area contributed by atoms with Crippen LogP contribution in [0.1, 0.15) is 36.7 Å². The van der Waals surface area contributed by atoms with Crippen LogP contribution in [0, 0.1) is 0 Å². The largest absolute Gasteiger partial charge is 0.487 e. The molecule has 0 radical (unpaired) electrons. The van der Waals surface area contributed by atoms with E-state index in [-0.39, 0.29) is 11.8 Å². The van der Waals surface area contributed by atoms with Gasteiger partial charge >= 0.3 is 5.57 Å². The summed E-state index contributed by atoms with van der Waals surface area (Å²) in [4.78, 5) is 17.5. The first-order valence-corrected chi connectivity index (χ1v) is 10.6. The van der Waals surface area contributed by atoms with Crippen molar-refractivity contribution in [1.82, 2.24) is 19.7 Å². The molecule has 0 bridgehead atoms. The van der Waals surface area contributed by atoms with Gasteiger partial charge in [-0.05, 0) is 61.9 Å². The number of hydrogen-bond donors (Lipinski definition) is 1. The lowest BCUT2D eigenvalue weighted by Crippen LogP contribution is -2.16. The van der Waals surface area contributed by atoms with Gasteiger partial charge in [-0.2, -0.15) is 10.2 Å². The third-order valence-corrected chi connectivity index (χ3v) is 5.27. The third kappa shape index (κ3) is 5.09. The lowest BCUT2D eigenvalue weighted by molar-refractivity contribution is -0.0964. The maximum absolute atomic E-state index is 13.0. The van der Waals surface area contributed by atoms with Crippen LogP contribution in [-0.4, -0.2) is 31.2 Å². The fraction of sp³-hybridized carbons (Fsp3) is 0.217. The number of fused-ring (bicyclic) bond motifs is 1. The number of ether oxygens (including phenoxy) is 1. The van der Waals surface area contributed by atoms with Crippen LogP contribution in [0.5, 0.6) is 5.75 Å². The lowest BCUT2D eigenvalue weighted by Gasteiger charge is -2.15. The number of nitrogens with zero attached hydrogens (tertiary/aromatic N) is 4. The van der Waals surface area contributed by atoms with Crippen molar-refractivity contribution >= 4 is 34.2 Å². The number of hydrogen-bond acceptors (Lipinski definition) is 5. The lowest BCUT2D eigenvalue weighted by atomic mass is 10.0. The van der Waals surface area contributed by atoms with E-state index in [9.17, 15) is 13.6 Å². The zero-order valence-corrected chi connectivity index (χ0v) is 18.6. The molecule has 10 heteroatoms. The van der Waals surface area contributed by atoms with Crippen molar-refractivity contribution in [2.75, 3.05) is 5.32 Å². The van der Waals surface area contributed by atoms with Crippen molar-refractivity contribution in [1.29, 1.82) is 0 Å². The Morgan fingerprint density at radius 3 is 2.64 bits per heavy atom. The molecule has 33 heavy (non-hydrogen) atoms. The summed E-state index contributed by atoms with van der Waals surface area (Å²) in [6.07, 6.45) is 4.24. The molecule has 4 rings (SSSR count). The number of halogens is 3. The number of imidazole rings is 1. The molecular formula is C23H20ClF2N5O2. The fourth-order valence-electron chi connectivity index (χ4n) is 3.42. The number of nitrogens with one attached hydrogen (secondary N) is 1. The van der Waals surface area contributed by atoms with Crippen molar-refractivity contribution in [3.05, 3.63) is 66.6 Å². The first kappa shape index (κ1) is 22.6. The highest BCUT2D eigenvalue weighted by molar-refractivity contribution is 6.20. The predicted octanol–water partition coefficient (Wildman–Crippen LogP) is 5.88. The van der Waals surface area contributed by atoms with Crippen LogP contribution in [0.4, 0.5) is 14.5 Å². The average molecular weight is 472 g/mol. The van der Waals surface area contributed by atoms with E-state index in [4.69, 9.17) is 11.6 Å². The molecule has 2 heterocycles. The molecule has 7 nitrogen and oxygen atoms in total. The number of benzene rings is 2. The number of anilines is 1. The van der Waals surface area contributed by atoms with Gasteiger partial charge in [0.25, 0.3) is 5.91 Å². The Bertz CT molecular complexity index is 1270. The Kier molecular flexibility index (Phi) is 6.24. The summed E-state index contributed by atoms with van der Waals surface area (Å²) in [6, 6.07) is 12.7. The van der Waals surface area contributed by atoms with Crippen molar-refractivity contribution in [2.24, 2.45) is 0 Å². The van der Waals surface area contributed by atoms with Gasteiger partial charge in [-0.25, -0.2) is 4.98 Å². The Labute approximate surface area is 193 Å². The zero-order chi connectivity index (χ0) is 23.6. The summed E-state index contributed by atoms with van der Waals surface area (Å²) in [5, 5.41) is 10.9. The minimum absolute atomic E-state index is 0.130. The van der Waals surface area contributed by atoms with Gasteiger partial charge in [0.05, 0.1) is 23.1 Å². The van der Waals surface area contributed by atoms with Gasteiger partial charge in [0, 0.05) is 40.7 Å². The van der Waals surface area contributed by atoms with E-state index in [1.165, 1.54) is 24.3 Å². The molecule has 1 amide bonds. The molecular weight excluding hydrogens is 452 g/mol. The molecule has 170 valence electrons. The summed E-state index contributed by atoms with van der Waals surface area (Å²) in [6.45, 7) is 4.18. The molecule has 0 aliphatic heterocycles. The van der Waals surface area contributed by atoms with Crippen LogP contribution in [-0.2, 0) is 0 Å². The van der Waals surface area contributed by atoms with Crippen LogP contribution in [0.2, 0.25) is 0 Å². The summed E-state index contributed by atoms with van der Waals surface area (Å²) in [7, 11) is 0. The number of alkyl halides is 3. The molecule has 0 aliphatic rings. The zero-order valence-electron chi connectivity index (χ0n) is 17.8. The standard InChI is InChI=1S/C23H20ClF2N5O2/c1-3-14(2)31-13-27-20-12-15(11-18(21(20)31)19-5-4-10-28-30-19)22(32)29-16-6-8-17(9-7-16)33-23(24,25)26/h4-14H,3H2,1-2H3,(H,29,32)/t14-/m1/s1. The highest BCUT2D eigenvalue weighted by atomic mass is 35.5. The third-order valence-electron chi connectivity index (χ3n) is 5.19. The quantitative estimate of drug-likeness (QED) is 0.340. The van der Waals surface area contributed by atoms with Gasteiger partial charge in [0.15, 0.2) is 0 Å². The summed E-state index contributed by atoms with van der Waals surface area (Å²) in [5.41, 5.74) is -0.180. The van der Waals surface area contributed by atoms with Crippen LogP contribution >= 0.6 is 11.6 Å². The molecule has 0 saturated heterocycles. The Balaban J connectivity index is 1.69. The van der Waals surface area contributed by atoms with E-state index in [0.717, 1.165) is 17.5 Å². The van der Waals surface area contributed by atoms with E-state index in [1.807, 2.05) is 6.07 Å². The van der Waals surface area contributed by atoms with E-state index in [1.54, 1.807) is 30.7 Å². The highest BCUT2D eigenvalue weighted by Gasteiger charge is 2.27. The number of amides is 1. The molecule has 4 aromatic rings. The summed E-state index contributed by atoms with van der Waals surface area (Å²) in [5.74, 6) is -0.522. The fourth-order valence-corrected chi connectivity index (χ4v) is 3.51. The van der Waals surface area contributed by atoms with E-state index < -0.39 is 11.5 Å². The Morgan fingerprint density at radius 1 is 1.24 bits per heavy atom. The number of rotatable bonds is 7. The monoisotopic (exact) mass is 471 g/mol. The van der Waals surface area contributed by atoms with Gasteiger partial charge in [0.1, 0.15) is 5.75 Å². The predicted molar refractivity (Wildman–Crippen MR) is 122 cm³/mol. The Morgan fingerprint density at radius 2 is 2.00 bits per heavy atom. The molecule has 1 atom stereocenters. The molecule has 0 saturated carbocycles. The molecule has 0 unspecified atom stereocenters. The van der Waals surface area contributed by atoms with Crippen molar-refractivity contribution < 1.29 is 18.3 Å². The van der Waals surface area contributed by atoms with Crippen molar-refractivity contribution in [3.63, 3.8) is 0 Å². The minimum atomic E-state index is -3.81. The smallest absolute Gasteiger partial charge is 0.420 e. The van der Waals surface area contributed by atoms with Crippen molar-refractivity contribution in [3.8, 4) is 17.0 Å². The first-order valence-electron chi connectivity index (χ1n) is 10.2. The van der Waals surface area contributed by atoms with Gasteiger partial charge in [-0.3, -0.25) is 4.79 Å². The number of aromatic nitrogens is 4. The summed E-state index contributed by atoms with van der Waals surface area (Å²) >= 11 is 4.77. The van der Waals surface area contributed by atoms with Gasteiger partial charge in [-0.1, -0.05) is 6.92 Å². The van der Waals surface area contributed by atoms with Gasteiger partial charge < -0.3 is 14.6 Å². The van der Waals surface area contributed by atoms with Crippen molar-refractivity contribution in [2.45, 2.75) is 31.9 Å². The number of carbonyl (C=O) groups excluding carboxylic acids is 1. The highest BCUT2D eigenvalue weighted by Crippen LogP contribution is 2.31. The topological polar surface area (TPSA) is 81.9 Å². The maximum atomic E-state index is 13.0. The van der Waals surface area contributed by atoms with Crippen LogP contribution < -0.4 is 10.1 Å². The molecule has 0 fully saturated rings. The second-order valence-electron chi connectivity index (χ2n) is 7.44. The number of carbonyl (C=O) groups is 1. The molecule has 2 aromatic heterocycles. The Hall–Kier alpha value is -3.59. The second-order valence-corrected chi connectivity index (χ2v) is 7.88. The normalized spacial score (nSPS) is 12.5. The first-order chi connectivity index (χ1) is 15.7. The van der Waals surface area contributed by atoms with Gasteiger partial charge in [-0.15, -0.1) is 8.78 Å². The van der Waals surface area contributed by atoms with E-state index in [0.29, 0.717) is 22.5 Å². The van der Waals surface area contributed by atoms with Crippen LogP contribution in [0.3, 0.4) is 0 Å². The molecule has 0 aliphatic carbocycles. The molecule has 2 aromatic carbocycles.